The Morgan fingerprint density at radius 2 is 1.70 bits per heavy atom. The van der Waals surface area contributed by atoms with E-state index in [1.165, 1.54) is 4.57 Å². The van der Waals surface area contributed by atoms with Gasteiger partial charge in [-0.3, -0.25) is 14.4 Å². The van der Waals surface area contributed by atoms with E-state index in [1.807, 2.05) is 47.4 Å². The first kappa shape index (κ1) is 22.4. The molecule has 0 spiro atoms. The Balaban J connectivity index is 1.23. The van der Waals surface area contributed by atoms with Crippen LogP contribution in [0.25, 0.3) is 10.8 Å². The van der Waals surface area contributed by atoms with Gasteiger partial charge in [-0.1, -0.05) is 30.3 Å². The maximum Gasteiger partial charge on any atom is 0.258 e. The van der Waals surface area contributed by atoms with E-state index >= 15 is 0 Å². The molecule has 1 saturated heterocycles. The molecule has 8 nitrogen and oxygen atoms in total. The molecule has 1 fully saturated rings. The van der Waals surface area contributed by atoms with E-state index in [4.69, 9.17) is 4.74 Å². The van der Waals surface area contributed by atoms with Crippen molar-refractivity contribution >= 4 is 28.3 Å². The average Bonchev–Trinajstić information content (AvgIpc) is 2.86. The van der Waals surface area contributed by atoms with Crippen LogP contribution in [0.4, 0.5) is 5.69 Å². The lowest BCUT2D eigenvalue weighted by Crippen LogP contribution is -2.49. The predicted octanol–water partition coefficient (Wildman–Crippen LogP) is 1.87. The third kappa shape index (κ3) is 5.16. The highest BCUT2D eigenvalue weighted by molar-refractivity contribution is 5.82. The number of para-hydroxylation sites is 2. The third-order valence-corrected chi connectivity index (χ3v) is 5.92. The Morgan fingerprint density at radius 3 is 2.48 bits per heavy atom. The van der Waals surface area contributed by atoms with Crippen LogP contribution in [-0.4, -0.2) is 61.1 Å². The van der Waals surface area contributed by atoms with Crippen molar-refractivity contribution in [3.05, 3.63) is 71.1 Å². The number of methoxy groups -OCH3 is 1. The van der Waals surface area contributed by atoms with Gasteiger partial charge in [0.1, 0.15) is 12.3 Å². The monoisotopic (exact) mass is 448 g/mol. The number of carbonyl (C=O) groups excluding carboxylic acids is 2. The van der Waals surface area contributed by atoms with Gasteiger partial charge in [0, 0.05) is 50.7 Å². The number of fused-ring (bicyclic) bond motifs is 1. The summed E-state index contributed by atoms with van der Waals surface area (Å²) >= 11 is 0. The summed E-state index contributed by atoms with van der Waals surface area (Å²) in [5, 5.41) is 4.18. The van der Waals surface area contributed by atoms with Gasteiger partial charge in [-0.15, -0.1) is 0 Å². The molecule has 3 aromatic rings. The number of aromatic nitrogens is 1. The van der Waals surface area contributed by atoms with Crippen LogP contribution in [0, 0.1) is 0 Å². The lowest BCUT2D eigenvalue weighted by atomic mass is 10.2. The van der Waals surface area contributed by atoms with Crippen molar-refractivity contribution in [1.29, 1.82) is 0 Å². The average molecular weight is 449 g/mol. The molecule has 0 bridgehead atoms. The van der Waals surface area contributed by atoms with Gasteiger partial charge >= 0.3 is 0 Å². The highest BCUT2D eigenvalue weighted by Gasteiger charge is 2.22. The standard InChI is InChI=1S/C25H28N4O4/c1-33-22-9-5-4-8-21(22)27-14-16-28(17-15-27)24(31)10-12-26-23(30)18-29-13-11-19-6-2-3-7-20(19)25(29)32/h2-9,11,13H,10,12,14-18H2,1H3,(H,26,30). The van der Waals surface area contributed by atoms with Crippen LogP contribution >= 0.6 is 0 Å². The number of benzene rings is 2. The van der Waals surface area contributed by atoms with Gasteiger partial charge in [-0.05, 0) is 29.7 Å². The number of piperazine rings is 1. The Morgan fingerprint density at radius 1 is 0.970 bits per heavy atom. The molecule has 2 amide bonds. The summed E-state index contributed by atoms with van der Waals surface area (Å²) in [6.45, 7) is 2.86. The summed E-state index contributed by atoms with van der Waals surface area (Å²) in [5.74, 6) is 0.546. The molecule has 1 aromatic heterocycles. The third-order valence-electron chi connectivity index (χ3n) is 5.92. The van der Waals surface area contributed by atoms with Crippen molar-refractivity contribution < 1.29 is 14.3 Å². The molecular formula is C25H28N4O4. The van der Waals surface area contributed by atoms with Crippen molar-refractivity contribution in [3.63, 3.8) is 0 Å². The van der Waals surface area contributed by atoms with E-state index in [-0.39, 0.29) is 36.9 Å². The normalized spacial score (nSPS) is 13.7. The van der Waals surface area contributed by atoms with Gasteiger partial charge in [0.2, 0.25) is 11.8 Å². The molecule has 4 rings (SSSR count). The largest absolute Gasteiger partial charge is 0.495 e. The first-order valence-corrected chi connectivity index (χ1v) is 11.1. The van der Waals surface area contributed by atoms with Gasteiger partial charge in [0.05, 0.1) is 12.8 Å². The zero-order valence-corrected chi connectivity index (χ0v) is 18.7. The number of hydrogen-bond acceptors (Lipinski definition) is 5. The highest BCUT2D eigenvalue weighted by Crippen LogP contribution is 2.28. The van der Waals surface area contributed by atoms with Crippen molar-refractivity contribution in [2.24, 2.45) is 0 Å². The molecule has 0 atom stereocenters. The number of nitrogens with zero attached hydrogens (tertiary/aromatic N) is 3. The molecule has 172 valence electrons. The van der Waals surface area contributed by atoms with Crippen LogP contribution in [-0.2, 0) is 16.1 Å². The number of hydrogen-bond donors (Lipinski definition) is 1. The van der Waals surface area contributed by atoms with E-state index in [0.717, 1.165) is 29.9 Å². The van der Waals surface area contributed by atoms with Crippen LogP contribution < -0.4 is 20.5 Å². The van der Waals surface area contributed by atoms with Crippen molar-refractivity contribution in [3.8, 4) is 5.75 Å². The maximum absolute atomic E-state index is 12.6. The lowest BCUT2D eigenvalue weighted by molar-refractivity contribution is -0.131. The van der Waals surface area contributed by atoms with Crippen LogP contribution in [0.3, 0.4) is 0 Å². The van der Waals surface area contributed by atoms with Crippen molar-refractivity contribution in [2.75, 3.05) is 44.7 Å². The van der Waals surface area contributed by atoms with Crippen molar-refractivity contribution in [1.82, 2.24) is 14.8 Å². The number of ether oxygens (including phenoxy) is 1. The molecule has 1 aliphatic rings. The zero-order chi connectivity index (χ0) is 23.2. The minimum atomic E-state index is -0.291. The number of nitrogens with one attached hydrogen (secondary N) is 1. The second-order valence-corrected chi connectivity index (χ2v) is 7.98. The fourth-order valence-electron chi connectivity index (χ4n) is 4.12. The van der Waals surface area contributed by atoms with E-state index in [9.17, 15) is 14.4 Å². The van der Waals surface area contributed by atoms with Crippen LogP contribution in [0.5, 0.6) is 5.75 Å². The predicted molar refractivity (Wildman–Crippen MR) is 128 cm³/mol. The molecule has 0 saturated carbocycles. The molecule has 1 aliphatic heterocycles. The first-order valence-electron chi connectivity index (χ1n) is 11.1. The van der Waals surface area contributed by atoms with Gasteiger partial charge in [0.25, 0.3) is 5.56 Å². The molecule has 0 unspecified atom stereocenters. The SMILES string of the molecule is COc1ccccc1N1CCN(C(=O)CCNC(=O)Cn2ccc3ccccc3c2=O)CC1. The van der Waals surface area contributed by atoms with E-state index in [0.29, 0.717) is 18.5 Å². The van der Waals surface area contributed by atoms with Crippen molar-refractivity contribution in [2.45, 2.75) is 13.0 Å². The van der Waals surface area contributed by atoms with Gasteiger partial charge < -0.3 is 24.4 Å². The molecular weight excluding hydrogens is 420 g/mol. The molecule has 33 heavy (non-hydrogen) atoms. The Bertz CT molecular complexity index is 1200. The van der Waals surface area contributed by atoms with Crippen LogP contribution in [0.2, 0.25) is 0 Å². The summed E-state index contributed by atoms with van der Waals surface area (Å²) in [5.41, 5.74) is 0.829. The fraction of sp³-hybridized carbons (Fsp3) is 0.320. The lowest BCUT2D eigenvalue weighted by Gasteiger charge is -2.36. The fourth-order valence-corrected chi connectivity index (χ4v) is 4.12. The van der Waals surface area contributed by atoms with E-state index in [2.05, 4.69) is 10.2 Å². The van der Waals surface area contributed by atoms with E-state index in [1.54, 1.807) is 25.4 Å². The van der Waals surface area contributed by atoms with Crippen LogP contribution in [0.15, 0.2) is 65.6 Å². The van der Waals surface area contributed by atoms with Gasteiger partial charge in [-0.2, -0.15) is 0 Å². The number of anilines is 1. The Labute approximate surface area is 192 Å². The second-order valence-electron chi connectivity index (χ2n) is 7.98. The quantitative estimate of drug-likeness (QED) is 0.597. The molecule has 0 radical (unpaired) electrons. The van der Waals surface area contributed by atoms with E-state index < -0.39 is 0 Å². The highest BCUT2D eigenvalue weighted by atomic mass is 16.5. The van der Waals surface area contributed by atoms with Gasteiger partial charge in [-0.25, -0.2) is 0 Å². The smallest absolute Gasteiger partial charge is 0.258 e. The topological polar surface area (TPSA) is 83.9 Å². The number of amides is 2. The Hall–Kier alpha value is -3.81. The molecule has 2 aromatic carbocycles. The molecule has 1 N–H and O–H groups in total. The zero-order valence-electron chi connectivity index (χ0n) is 18.7. The summed E-state index contributed by atoms with van der Waals surface area (Å²) in [4.78, 5) is 41.5. The van der Waals surface area contributed by atoms with Gasteiger partial charge in [0.15, 0.2) is 0 Å². The second kappa shape index (κ2) is 10.2. The summed E-state index contributed by atoms with van der Waals surface area (Å²) in [6, 6.07) is 17.0. The number of pyridine rings is 1. The number of rotatable bonds is 7. The first-order chi connectivity index (χ1) is 16.1. The molecule has 8 heteroatoms. The minimum absolute atomic E-state index is 0.0119. The molecule has 0 aliphatic carbocycles. The maximum atomic E-state index is 12.6. The minimum Gasteiger partial charge on any atom is -0.495 e. The Kier molecular flexibility index (Phi) is 6.92. The number of carbonyl (C=O) groups is 2. The summed E-state index contributed by atoms with van der Waals surface area (Å²) < 4.78 is 6.82. The summed E-state index contributed by atoms with van der Waals surface area (Å²) in [7, 11) is 1.66. The van der Waals surface area contributed by atoms with Crippen LogP contribution in [0.1, 0.15) is 6.42 Å². The molecule has 2 heterocycles. The summed E-state index contributed by atoms with van der Waals surface area (Å²) in [6.07, 6.45) is 1.85.